The van der Waals surface area contributed by atoms with E-state index in [-0.39, 0.29) is 37.6 Å². The molecule has 4 atom stereocenters. The maximum Gasteiger partial charge on any atom is 0.329 e. The number of aliphatic imine (C=N–C) groups is 1. The van der Waals surface area contributed by atoms with Gasteiger partial charge in [-0.25, -0.2) is 14.8 Å². The van der Waals surface area contributed by atoms with Crippen LogP contribution >= 0.6 is 23.1 Å². The van der Waals surface area contributed by atoms with Crippen molar-refractivity contribution in [2.75, 3.05) is 38.3 Å². The van der Waals surface area contributed by atoms with Crippen molar-refractivity contribution in [1.29, 1.82) is 0 Å². The first-order valence-electron chi connectivity index (χ1n) is 19.5. The summed E-state index contributed by atoms with van der Waals surface area (Å²) in [6.07, 6.45) is 6.51. The number of fused-ring (bicyclic) bond motifs is 1. The number of nitrogens with one attached hydrogen (secondary N) is 3. The first kappa shape index (κ1) is 44.1. The summed E-state index contributed by atoms with van der Waals surface area (Å²) in [4.78, 5) is 84.6. The summed E-state index contributed by atoms with van der Waals surface area (Å²) in [6.45, 7) is 1.32. The van der Waals surface area contributed by atoms with Crippen molar-refractivity contribution < 1.29 is 33.8 Å². The number of ether oxygens (including phenoxy) is 1. The molecule has 15 nitrogen and oxygen atoms in total. The number of aromatic amines is 1. The number of imidazole rings is 1. The van der Waals surface area contributed by atoms with Crippen LogP contribution in [-0.2, 0) is 41.7 Å². The van der Waals surface area contributed by atoms with E-state index in [0.717, 1.165) is 23.2 Å². The SMILES string of the molecule is CN(C)CCCC[C@H](NC(=O)[C@@H](CC(=O)OCc1ccccc1)Cc1cnc[nH]1)C(=O)C[C@@H](CCCCN)C(=O)Nc1ccc2nc(C3=N[C@@H](C(=O)O)CS3)sc2c1. The van der Waals surface area contributed by atoms with Gasteiger partial charge >= 0.3 is 11.9 Å². The van der Waals surface area contributed by atoms with Gasteiger partial charge in [-0.1, -0.05) is 36.8 Å². The zero-order valence-electron chi connectivity index (χ0n) is 32.9. The minimum absolute atomic E-state index is 0.0711. The van der Waals surface area contributed by atoms with Crippen molar-refractivity contribution in [1.82, 2.24) is 25.2 Å². The molecule has 310 valence electrons. The lowest BCUT2D eigenvalue weighted by atomic mass is 9.90. The Morgan fingerprint density at radius 2 is 1.79 bits per heavy atom. The molecular formula is C41H52N8O7S2. The van der Waals surface area contributed by atoms with Gasteiger partial charge in [0.05, 0.1) is 34.9 Å². The molecule has 2 amide bonds. The van der Waals surface area contributed by atoms with Gasteiger partial charge in [0, 0.05) is 42.1 Å². The number of carbonyl (C=O) groups excluding carboxylic acids is 4. The number of ketones is 1. The summed E-state index contributed by atoms with van der Waals surface area (Å²) >= 11 is 2.71. The van der Waals surface area contributed by atoms with Crippen LogP contribution in [0.3, 0.4) is 0 Å². The number of hydrogen-bond donors (Lipinski definition) is 5. The molecule has 0 spiro atoms. The number of rotatable bonds is 24. The number of thioether (sulfide) groups is 1. The molecule has 4 aromatic rings. The Morgan fingerprint density at radius 1 is 1.00 bits per heavy atom. The topological polar surface area (TPSA) is 222 Å². The highest BCUT2D eigenvalue weighted by Gasteiger charge is 2.31. The lowest BCUT2D eigenvalue weighted by Gasteiger charge is -2.24. The number of anilines is 1. The molecule has 0 radical (unpaired) electrons. The molecule has 0 unspecified atom stereocenters. The average Bonchev–Trinajstić information content (AvgIpc) is 4.00. The summed E-state index contributed by atoms with van der Waals surface area (Å²) in [7, 11) is 3.94. The Hall–Kier alpha value is -4.97. The fourth-order valence-corrected chi connectivity index (χ4v) is 8.60. The van der Waals surface area contributed by atoms with E-state index in [9.17, 15) is 29.1 Å². The van der Waals surface area contributed by atoms with Crippen molar-refractivity contribution in [3.63, 3.8) is 0 Å². The van der Waals surface area contributed by atoms with Gasteiger partial charge in [0.15, 0.2) is 11.8 Å². The molecule has 17 heteroatoms. The number of unbranched alkanes of at least 4 members (excludes halogenated alkanes) is 2. The molecule has 0 saturated heterocycles. The fourth-order valence-electron chi connectivity index (χ4n) is 6.50. The molecule has 5 rings (SSSR count). The number of aliphatic carboxylic acids is 1. The van der Waals surface area contributed by atoms with Crippen LogP contribution in [0, 0.1) is 11.8 Å². The van der Waals surface area contributed by atoms with Crippen LogP contribution in [0.5, 0.6) is 0 Å². The van der Waals surface area contributed by atoms with Crippen molar-refractivity contribution in [3.05, 3.63) is 77.3 Å². The summed E-state index contributed by atoms with van der Waals surface area (Å²) in [6, 6.07) is 12.9. The largest absolute Gasteiger partial charge is 0.480 e. The van der Waals surface area contributed by atoms with E-state index in [2.05, 4.69) is 35.5 Å². The maximum atomic E-state index is 14.2. The number of carboxylic acid groups (broad SMARTS) is 1. The number of carboxylic acids is 1. The van der Waals surface area contributed by atoms with E-state index in [1.165, 1.54) is 29.4 Å². The van der Waals surface area contributed by atoms with Gasteiger partial charge in [-0.2, -0.15) is 0 Å². The molecule has 1 aliphatic heterocycles. The van der Waals surface area contributed by atoms with Gasteiger partial charge in [0.25, 0.3) is 0 Å². The summed E-state index contributed by atoms with van der Waals surface area (Å²) in [5.74, 6) is -3.76. The quantitative estimate of drug-likeness (QED) is 0.0474. The highest BCUT2D eigenvalue weighted by molar-refractivity contribution is 8.15. The zero-order valence-corrected chi connectivity index (χ0v) is 34.5. The van der Waals surface area contributed by atoms with E-state index < -0.39 is 41.8 Å². The van der Waals surface area contributed by atoms with Crippen molar-refractivity contribution >= 4 is 73.6 Å². The van der Waals surface area contributed by atoms with E-state index in [1.807, 2.05) is 44.4 Å². The fraction of sp³-hybridized carbons (Fsp3) is 0.463. The van der Waals surface area contributed by atoms with E-state index in [4.69, 9.17) is 10.5 Å². The Balaban J connectivity index is 1.29. The monoisotopic (exact) mass is 832 g/mol. The van der Waals surface area contributed by atoms with Crippen molar-refractivity contribution in [3.8, 4) is 0 Å². The lowest BCUT2D eigenvalue weighted by Crippen LogP contribution is -2.45. The number of thiazole rings is 1. The second kappa shape index (κ2) is 22.3. The molecule has 0 fully saturated rings. The van der Waals surface area contributed by atoms with Gasteiger partial charge in [-0.05, 0) is 83.1 Å². The molecule has 3 heterocycles. The molecule has 2 aromatic carbocycles. The number of esters is 1. The molecular weight excluding hydrogens is 781 g/mol. The van der Waals surface area contributed by atoms with Crippen LogP contribution in [0.15, 0.2) is 66.0 Å². The molecule has 58 heavy (non-hydrogen) atoms. The second-order valence-electron chi connectivity index (χ2n) is 14.6. The Morgan fingerprint density at radius 3 is 2.50 bits per heavy atom. The second-order valence-corrected chi connectivity index (χ2v) is 16.7. The predicted molar refractivity (Wildman–Crippen MR) is 226 cm³/mol. The number of aromatic nitrogens is 3. The first-order chi connectivity index (χ1) is 28.0. The minimum Gasteiger partial charge on any atom is -0.480 e. The first-order valence-corrected chi connectivity index (χ1v) is 21.3. The van der Waals surface area contributed by atoms with Crippen molar-refractivity contribution in [2.24, 2.45) is 22.6 Å². The maximum absolute atomic E-state index is 14.2. The summed E-state index contributed by atoms with van der Waals surface area (Å²) in [5, 5.41) is 16.5. The van der Waals surface area contributed by atoms with Gasteiger partial charge in [0.2, 0.25) is 11.8 Å². The Bertz CT molecular complexity index is 2020. The standard InChI is InChI=1S/C41H52N8O7S2/c1-49(2)17-9-7-13-31(46-38(53)28(18-30-22-43-25-44-30)20-36(51)56-23-26-10-4-3-5-11-26)34(50)19-27(12-6-8-16-42)37(52)45-29-14-15-32-35(21-29)58-40(47-32)39-48-33(24-57-39)41(54)55/h3-5,10-11,14-15,21-22,25,27-28,31,33H,6-9,12-13,16-20,23-24,42H2,1-2H3,(H,43,44)(H,45,52)(H,46,53)(H,54,55)/t27-,28-,31+,33-/m1/s1. The number of benzene rings is 2. The van der Waals surface area contributed by atoms with Crippen LogP contribution in [0.25, 0.3) is 10.2 Å². The number of nitrogens with zero attached hydrogens (tertiary/aromatic N) is 4. The predicted octanol–water partition coefficient (Wildman–Crippen LogP) is 4.82. The van der Waals surface area contributed by atoms with E-state index in [1.54, 1.807) is 24.4 Å². The van der Waals surface area contributed by atoms with Crippen LogP contribution < -0.4 is 16.4 Å². The molecule has 1 aliphatic rings. The number of nitrogens with two attached hydrogens (primary N) is 1. The number of Topliss-reactive ketones (excluding diaryl/α,β-unsaturated/α-hetero) is 1. The van der Waals surface area contributed by atoms with E-state index in [0.29, 0.717) is 71.4 Å². The summed E-state index contributed by atoms with van der Waals surface area (Å²) < 4.78 is 6.31. The number of hydrogen-bond acceptors (Lipinski definition) is 13. The average molecular weight is 833 g/mol. The third kappa shape index (κ3) is 13.6. The number of H-pyrrole nitrogens is 1. The molecule has 0 saturated carbocycles. The van der Waals surface area contributed by atoms with Gasteiger partial charge in [-0.3, -0.25) is 24.2 Å². The van der Waals surface area contributed by atoms with Gasteiger partial charge < -0.3 is 36.1 Å². The number of carbonyl (C=O) groups is 5. The zero-order chi connectivity index (χ0) is 41.4. The highest BCUT2D eigenvalue weighted by atomic mass is 32.2. The smallest absolute Gasteiger partial charge is 0.329 e. The third-order valence-electron chi connectivity index (χ3n) is 9.70. The number of amides is 2. The van der Waals surface area contributed by atoms with Gasteiger partial charge in [-0.15, -0.1) is 23.1 Å². The molecule has 0 aliphatic carbocycles. The Labute approximate surface area is 346 Å². The van der Waals surface area contributed by atoms with Crippen molar-refractivity contribution in [2.45, 2.75) is 76.5 Å². The molecule has 0 bridgehead atoms. The van der Waals surface area contributed by atoms with E-state index >= 15 is 0 Å². The van der Waals surface area contributed by atoms with Gasteiger partial charge in [0.1, 0.15) is 16.7 Å². The normalized spacial score (nSPS) is 15.4. The Kier molecular flexibility index (Phi) is 16.9. The highest BCUT2D eigenvalue weighted by Crippen LogP contribution is 2.32. The minimum atomic E-state index is -0.975. The summed E-state index contributed by atoms with van der Waals surface area (Å²) in [5.41, 5.74) is 8.49. The van der Waals surface area contributed by atoms with Crippen LogP contribution in [0.1, 0.15) is 67.6 Å². The lowest BCUT2D eigenvalue weighted by molar-refractivity contribution is -0.148. The van der Waals surface area contributed by atoms with Crippen LogP contribution in [-0.4, -0.2) is 105 Å². The molecule has 6 N–H and O–H groups in total. The van der Waals surface area contributed by atoms with Crippen LogP contribution in [0.4, 0.5) is 5.69 Å². The molecule has 2 aromatic heterocycles. The third-order valence-corrected chi connectivity index (χ3v) is 11.9. The van der Waals surface area contributed by atoms with Crippen LogP contribution in [0.2, 0.25) is 0 Å².